The Kier molecular flexibility index (Phi) is 2.87. The molecule has 0 aromatic carbocycles. The molecular formula is C6H10BFO3. The first-order valence-electron chi connectivity index (χ1n) is 3.39. The van der Waals surface area contributed by atoms with Crippen molar-refractivity contribution in [1.82, 2.24) is 0 Å². The van der Waals surface area contributed by atoms with Crippen LogP contribution in [0.15, 0.2) is 0 Å². The van der Waals surface area contributed by atoms with E-state index in [1.807, 2.05) is 0 Å². The van der Waals surface area contributed by atoms with Gasteiger partial charge >= 0.3 is 0 Å². The topological polar surface area (TPSA) is 38.7 Å². The molecule has 1 N–H and O–H groups in total. The molecule has 0 bridgehead atoms. The minimum Gasteiger partial charge on any atom is -0.387 e. The lowest BCUT2D eigenvalue weighted by atomic mass is 9.94. The van der Waals surface area contributed by atoms with Gasteiger partial charge in [0, 0.05) is 7.11 Å². The summed E-state index contributed by atoms with van der Waals surface area (Å²) in [5, 5.41) is 9.10. The Morgan fingerprint density at radius 2 is 2.36 bits per heavy atom. The Balaban J connectivity index is 2.45. The van der Waals surface area contributed by atoms with Crippen molar-refractivity contribution in [2.75, 3.05) is 13.7 Å². The summed E-state index contributed by atoms with van der Waals surface area (Å²) in [7, 11) is 6.63. The lowest BCUT2D eigenvalue weighted by Gasteiger charge is -2.11. The second-order valence-corrected chi connectivity index (χ2v) is 2.53. The molecule has 2 radical (unpaired) electrons. The molecule has 11 heavy (non-hydrogen) atoms. The third kappa shape index (κ3) is 1.72. The summed E-state index contributed by atoms with van der Waals surface area (Å²) in [6.07, 6.45) is -3.30. The van der Waals surface area contributed by atoms with E-state index < -0.39 is 24.4 Å². The first-order chi connectivity index (χ1) is 5.16. The fourth-order valence-corrected chi connectivity index (χ4v) is 1.06. The summed E-state index contributed by atoms with van der Waals surface area (Å²) in [6.45, 7) is 0.162. The zero-order valence-electron chi connectivity index (χ0n) is 6.24. The molecule has 0 saturated carbocycles. The van der Waals surface area contributed by atoms with Crippen LogP contribution in [0.1, 0.15) is 0 Å². The molecule has 1 saturated heterocycles. The third-order valence-corrected chi connectivity index (χ3v) is 1.68. The lowest BCUT2D eigenvalue weighted by molar-refractivity contribution is -0.0187. The quantitative estimate of drug-likeness (QED) is 0.538. The third-order valence-electron chi connectivity index (χ3n) is 1.68. The lowest BCUT2D eigenvalue weighted by Crippen LogP contribution is -2.31. The molecule has 0 spiro atoms. The molecule has 1 aliphatic rings. The molecule has 1 rings (SSSR count). The van der Waals surface area contributed by atoms with E-state index in [9.17, 15) is 4.39 Å². The van der Waals surface area contributed by atoms with Crippen molar-refractivity contribution in [3.8, 4) is 0 Å². The van der Waals surface area contributed by atoms with Crippen molar-refractivity contribution in [3.05, 3.63) is 0 Å². The number of rotatable bonds is 2. The van der Waals surface area contributed by atoms with Crippen molar-refractivity contribution in [2.45, 2.75) is 24.4 Å². The Labute approximate surface area is 65.9 Å². The molecule has 1 fully saturated rings. The van der Waals surface area contributed by atoms with Crippen LogP contribution in [0.5, 0.6) is 0 Å². The van der Waals surface area contributed by atoms with Gasteiger partial charge < -0.3 is 14.6 Å². The zero-order valence-corrected chi connectivity index (χ0v) is 6.24. The number of alkyl halides is 1. The highest BCUT2D eigenvalue weighted by atomic mass is 19.1. The fraction of sp³-hybridized carbons (Fsp3) is 1.00. The van der Waals surface area contributed by atoms with Crippen LogP contribution in [0.3, 0.4) is 0 Å². The van der Waals surface area contributed by atoms with Crippen LogP contribution >= 0.6 is 0 Å². The number of aliphatic hydroxyl groups is 1. The molecule has 0 amide bonds. The molecule has 1 heterocycles. The van der Waals surface area contributed by atoms with E-state index in [0.717, 1.165) is 0 Å². The maximum absolute atomic E-state index is 12.7. The summed E-state index contributed by atoms with van der Waals surface area (Å²) in [6, 6.07) is -1.02. The number of aliphatic hydroxyl groups excluding tert-OH is 1. The Morgan fingerprint density at radius 1 is 1.73 bits per heavy atom. The highest BCUT2D eigenvalue weighted by molar-refractivity contribution is 6.11. The molecule has 4 atom stereocenters. The number of ether oxygens (including phenoxy) is 2. The van der Waals surface area contributed by atoms with Crippen LogP contribution in [0.2, 0.25) is 0 Å². The summed E-state index contributed by atoms with van der Waals surface area (Å²) < 4.78 is 22.3. The van der Waals surface area contributed by atoms with Crippen LogP contribution in [0, 0.1) is 0 Å². The normalized spacial score (nSPS) is 44.6. The van der Waals surface area contributed by atoms with Crippen LogP contribution < -0.4 is 0 Å². The molecular weight excluding hydrogens is 150 g/mol. The molecule has 0 unspecified atom stereocenters. The number of methoxy groups -OCH3 is 1. The average Bonchev–Trinajstić information content (AvgIpc) is 2.19. The smallest absolute Gasteiger partial charge is 0.146 e. The van der Waals surface area contributed by atoms with Crippen molar-refractivity contribution >= 4 is 7.85 Å². The number of halogens is 1. The largest absolute Gasteiger partial charge is 0.387 e. The van der Waals surface area contributed by atoms with Gasteiger partial charge in [-0.2, -0.15) is 0 Å². The summed E-state index contributed by atoms with van der Waals surface area (Å²) in [5.74, 6) is 0. The van der Waals surface area contributed by atoms with E-state index in [1.165, 1.54) is 7.11 Å². The van der Waals surface area contributed by atoms with Crippen LogP contribution in [-0.2, 0) is 9.47 Å². The van der Waals surface area contributed by atoms with Gasteiger partial charge in [-0.3, -0.25) is 0 Å². The molecule has 1 aliphatic heterocycles. The zero-order chi connectivity index (χ0) is 8.43. The summed E-state index contributed by atoms with van der Waals surface area (Å²) in [4.78, 5) is 0. The monoisotopic (exact) mass is 160 g/mol. The van der Waals surface area contributed by atoms with E-state index in [1.54, 1.807) is 0 Å². The van der Waals surface area contributed by atoms with Crippen LogP contribution in [-0.4, -0.2) is 51.1 Å². The molecule has 5 heteroatoms. The molecule has 0 aromatic rings. The van der Waals surface area contributed by atoms with Gasteiger partial charge in [0.15, 0.2) is 0 Å². The predicted octanol–water partition coefficient (Wildman–Crippen LogP) is -0.775. The second-order valence-electron chi connectivity index (χ2n) is 2.53. The Bertz CT molecular complexity index is 135. The van der Waals surface area contributed by atoms with Crippen LogP contribution in [0.25, 0.3) is 0 Å². The van der Waals surface area contributed by atoms with Crippen molar-refractivity contribution in [1.29, 1.82) is 0 Å². The summed E-state index contributed by atoms with van der Waals surface area (Å²) in [5.41, 5.74) is 0. The van der Waals surface area contributed by atoms with Gasteiger partial charge in [0.1, 0.15) is 26.2 Å². The van der Waals surface area contributed by atoms with Gasteiger partial charge in [-0.25, -0.2) is 4.39 Å². The van der Waals surface area contributed by atoms with E-state index in [0.29, 0.717) is 0 Å². The van der Waals surface area contributed by atoms with E-state index in [-0.39, 0.29) is 6.61 Å². The number of hydrogen-bond donors (Lipinski definition) is 1. The van der Waals surface area contributed by atoms with Gasteiger partial charge in [0.25, 0.3) is 0 Å². The first kappa shape index (κ1) is 8.97. The van der Waals surface area contributed by atoms with Gasteiger partial charge in [-0.15, -0.1) is 0 Å². The van der Waals surface area contributed by atoms with Gasteiger partial charge in [-0.1, -0.05) is 0 Å². The van der Waals surface area contributed by atoms with E-state index >= 15 is 0 Å². The van der Waals surface area contributed by atoms with Crippen molar-refractivity contribution in [2.24, 2.45) is 0 Å². The molecule has 0 aliphatic carbocycles. The van der Waals surface area contributed by atoms with E-state index in [4.69, 9.17) is 17.7 Å². The highest BCUT2D eigenvalue weighted by Crippen LogP contribution is 2.21. The minimum absolute atomic E-state index is 0.162. The summed E-state index contributed by atoms with van der Waals surface area (Å²) >= 11 is 0. The van der Waals surface area contributed by atoms with Gasteiger partial charge in [0.2, 0.25) is 0 Å². The fourth-order valence-electron chi connectivity index (χ4n) is 1.06. The minimum atomic E-state index is -1.50. The molecule has 3 nitrogen and oxygen atoms in total. The van der Waals surface area contributed by atoms with E-state index in [2.05, 4.69) is 4.74 Å². The maximum Gasteiger partial charge on any atom is 0.146 e. The Morgan fingerprint density at radius 3 is 2.73 bits per heavy atom. The second kappa shape index (κ2) is 3.52. The Hall–Kier alpha value is -0.125. The first-order valence-corrected chi connectivity index (χ1v) is 3.39. The average molecular weight is 160 g/mol. The van der Waals surface area contributed by atoms with Gasteiger partial charge in [-0.05, 0) is 0 Å². The van der Waals surface area contributed by atoms with Crippen molar-refractivity contribution in [3.63, 3.8) is 0 Å². The molecule has 62 valence electrons. The molecule has 0 aromatic heterocycles. The SMILES string of the molecule is [B][C@@H]1O[C@H](COC)[C@@H](O)[C@H]1F. The predicted molar refractivity (Wildman–Crippen MR) is 37.2 cm³/mol. The van der Waals surface area contributed by atoms with Gasteiger partial charge in [0.05, 0.1) is 12.6 Å². The maximum atomic E-state index is 12.7. The number of hydrogen-bond acceptors (Lipinski definition) is 3. The van der Waals surface area contributed by atoms with Crippen LogP contribution in [0.4, 0.5) is 4.39 Å². The van der Waals surface area contributed by atoms with Crippen molar-refractivity contribution < 1.29 is 19.0 Å². The standard InChI is InChI=1S/C6H10BFO3/c1-10-2-3-5(9)4(8)6(7)11-3/h3-6,9H,2H2,1H3/t3-,4-,5-,6-/m1/s1. The highest BCUT2D eigenvalue weighted by Gasteiger charge is 2.40.